The molecular weight excluding hydrogens is 278 g/mol. The SMILES string of the molecule is CCOC=C1SC(=S)N(CCc2ccccc2)C1=O. The number of carbonyl (C=O) groups excluding carboxylic acids is 1. The fourth-order valence-corrected chi connectivity index (χ4v) is 2.95. The summed E-state index contributed by atoms with van der Waals surface area (Å²) in [4.78, 5) is 14.3. The monoisotopic (exact) mass is 293 g/mol. The summed E-state index contributed by atoms with van der Waals surface area (Å²) < 4.78 is 5.76. The maximum Gasteiger partial charge on any atom is 0.269 e. The summed E-state index contributed by atoms with van der Waals surface area (Å²) in [6.45, 7) is 3.04. The van der Waals surface area contributed by atoms with Crippen molar-refractivity contribution in [2.75, 3.05) is 13.2 Å². The number of thiocarbonyl (C=S) groups is 1. The molecule has 0 unspecified atom stereocenters. The molecule has 2 rings (SSSR count). The Morgan fingerprint density at radius 1 is 1.37 bits per heavy atom. The van der Waals surface area contributed by atoms with E-state index in [4.69, 9.17) is 17.0 Å². The second kappa shape index (κ2) is 6.73. The van der Waals surface area contributed by atoms with Crippen molar-refractivity contribution in [3.63, 3.8) is 0 Å². The molecule has 0 bridgehead atoms. The van der Waals surface area contributed by atoms with E-state index >= 15 is 0 Å². The summed E-state index contributed by atoms with van der Waals surface area (Å²) in [5, 5.41) is 0. The first kappa shape index (κ1) is 14.1. The van der Waals surface area contributed by atoms with E-state index in [1.54, 1.807) is 4.90 Å². The lowest BCUT2D eigenvalue weighted by atomic mass is 10.1. The van der Waals surface area contributed by atoms with Gasteiger partial charge in [-0.25, -0.2) is 0 Å². The zero-order chi connectivity index (χ0) is 13.7. The van der Waals surface area contributed by atoms with Crippen molar-refractivity contribution in [2.45, 2.75) is 13.3 Å². The molecule has 1 amide bonds. The van der Waals surface area contributed by atoms with Crippen LogP contribution in [0.3, 0.4) is 0 Å². The van der Waals surface area contributed by atoms with E-state index in [2.05, 4.69) is 0 Å². The Balaban J connectivity index is 1.97. The second-order valence-corrected chi connectivity index (χ2v) is 5.67. The first-order chi connectivity index (χ1) is 9.22. The number of nitrogens with zero attached hydrogens (tertiary/aromatic N) is 1. The molecule has 5 heteroatoms. The Labute approximate surface area is 122 Å². The number of thioether (sulfide) groups is 1. The minimum absolute atomic E-state index is 0.0561. The van der Waals surface area contributed by atoms with Crippen LogP contribution in [0.1, 0.15) is 12.5 Å². The third-order valence-electron chi connectivity index (χ3n) is 2.70. The van der Waals surface area contributed by atoms with Crippen LogP contribution in [0.2, 0.25) is 0 Å². The van der Waals surface area contributed by atoms with Crippen molar-refractivity contribution in [3.05, 3.63) is 47.1 Å². The summed E-state index contributed by atoms with van der Waals surface area (Å²) in [5.41, 5.74) is 1.20. The Morgan fingerprint density at radius 3 is 2.79 bits per heavy atom. The lowest BCUT2D eigenvalue weighted by Gasteiger charge is -2.14. The summed E-state index contributed by atoms with van der Waals surface area (Å²) in [6.07, 6.45) is 2.30. The highest BCUT2D eigenvalue weighted by atomic mass is 32.2. The van der Waals surface area contributed by atoms with Crippen LogP contribution < -0.4 is 0 Å². The van der Waals surface area contributed by atoms with Gasteiger partial charge in [0, 0.05) is 6.54 Å². The molecule has 1 heterocycles. The highest BCUT2D eigenvalue weighted by molar-refractivity contribution is 8.26. The smallest absolute Gasteiger partial charge is 0.269 e. The summed E-state index contributed by atoms with van der Waals surface area (Å²) in [7, 11) is 0. The van der Waals surface area contributed by atoms with Gasteiger partial charge in [-0.1, -0.05) is 54.3 Å². The lowest BCUT2D eigenvalue weighted by molar-refractivity contribution is -0.122. The Kier molecular flexibility index (Phi) is 4.99. The minimum Gasteiger partial charge on any atom is -0.500 e. The Morgan fingerprint density at radius 2 is 2.11 bits per heavy atom. The minimum atomic E-state index is -0.0561. The Bertz CT molecular complexity index is 499. The zero-order valence-corrected chi connectivity index (χ0v) is 12.3. The number of hydrogen-bond donors (Lipinski definition) is 0. The molecule has 3 nitrogen and oxygen atoms in total. The fourth-order valence-electron chi connectivity index (χ4n) is 1.72. The van der Waals surface area contributed by atoms with Gasteiger partial charge in [-0.05, 0) is 18.9 Å². The van der Waals surface area contributed by atoms with Crippen LogP contribution in [0.15, 0.2) is 41.5 Å². The molecule has 0 N–H and O–H groups in total. The summed E-state index contributed by atoms with van der Waals surface area (Å²) in [6, 6.07) is 10.1. The molecule has 0 aromatic heterocycles. The van der Waals surface area contributed by atoms with E-state index in [1.807, 2.05) is 37.3 Å². The molecule has 0 aliphatic carbocycles. The van der Waals surface area contributed by atoms with Crippen LogP contribution in [0.25, 0.3) is 0 Å². The standard InChI is InChI=1S/C14H15NO2S2/c1-2-17-10-12-13(16)15(14(18)19-12)9-8-11-6-4-3-5-7-11/h3-7,10H,2,8-9H2,1H3. The van der Waals surface area contributed by atoms with Gasteiger partial charge in [-0.2, -0.15) is 0 Å². The Hall–Kier alpha value is -1.33. The molecule has 19 heavy (non-hydrogen) atoms. The molecule has 1 saturated heterocycles. The second-order valence-electron chi connectivity index (χ2n) is 4.00. The predicted octanol–water partition coefficient (Wildman–Crippen LogP) is 2.97. The number of benzene rings is 1. The molecule has 1 aliphatic rings. The van der Waals surface area contributed by atoms with E-state index in [0.717, 1.165) is 6.42 Å². The normalized spacial score (nSPS) is 17.3. The molecule has 1 aliphatic heterocycles. The molecule has 0 saturated carbocycles. The summed E-state index contributed by atoms with van der Waals surface area (Å²) >= 11 is 6.53. The van der Waals surface area contributed by atoms with Gasteiger partial charge in [-0.3, -0.25) is 9.69 Å². The van der Waals surface area contributed by atoms with Crippen LogP contribution >= 0.6 is 24.0 Å². The fraction of sp³-hybridized carbons (Fsp3) is 0.286. The first-order valence-corrected chi connectivity index (χ1v) is 7.34. The van der Waals surface area contributed by atoms with Gasteiger partial charge in [0.1, 0.15) is 15.5 Å². The van der Waals surface area contributed by atoms with Crippen LogP contribution in [-0.4, -0.2) is 28.3 Å². The van der Waals surface area contributed by atoms with Crippen molar-refractivity contribution >= 4 is 34.2 Å². The van der Waals surface area contributed by atoms with E-state index in [-0.39, 0.29) is 5.91 Å². The lowest BCUT2D eigenvalue weighted by Crippen LogP contribution is -2.30. The van der Waals surface area contributed by atoms with E-state index < -0.39 is 0 Å². The average Bonchev–Trinajstić information content (AvgIpc) is 2.70. The molecule has 1 aromatic carbocycles. The van der Waals surface area contributed by atoms with Gasteiger partial charge in [-0.15, -0.1) is 0 Å². The van der Waals surface area contributed by atoms with E-state index in [9.17, 15) is 4.79 Å². The van der Waals surface area contributed by atoms with Crippen LogP contribution in [0.5, 0.6) is 0 Å². The highest BCUT2D eigenvalue weighted by Gasteiger charge is 2.32. The molecule has 1 fully saturated rings. The van der Waals surface area contributed by atoms with Crippen LogP contribution in [0, 0.1) is 0 Å². The van der Waals surface area contributed by atoms with Crippen molar-refractivity contribution in [2.24, 2.45) is 0 Å². The number of rotatable bonds is 5. The molecule has 0 atom stereocenters. The predicted molar refractivity (Wildman–Crippen MR) is 81.8 cm³/mol. The number of amides is 1. The zero-order valence-electron chi connectivity index (χ0n) is 10.7. The van der Waals surface area contributed by atoms with Crippen molar-refractivity contribution in [3.8, 4) is 0 Å². The van der Waals surface area contributed by atoms with Crippen molar-refractivity contribution in [1.29, 1.82) is 0 Å². The third-order valence-corrected chi connectivity index (χ3v) is 4.05. The number of carbonyl (C=O) groups is 1. The maximum atomic E-state index is 12.1. The topological polar surface area (TPSA) is 29.5 Å². The molecular formula is C14H15NO2S2. The van der Waals surface area contributed by atoms with Gasteiger partial charge < -0.3 is 4.74 Å². The quantitative estimate of drug-likeness (QED) is 0.474. The molecule has 0 spiro atoms. The third kappa shape index (κ3) is 3.58. The van der Waals surface area contributed by atoms with Gasteiger partial charge in [0.15, 0.2) is 0 Å². The average molecular weight is 293 g/mol. The largest absolute Gasteiger partial charge is 0.500 e. The van der Waals surface area contributed by atoms with Gasteiger partial charge in [0.25, 0.3) is 5.91 Å². The molecule has 100 valence electrons. The number of hydrogen-bond acceptors (Lipinski definition) is 4. The van der Waals surface area contributed by atoms with E-state index in [0.29, 0.717) is 22.4 Å². The highest BCUT2D eigenvalue weighted by Crippen LogP contribution is 2.30. The molecule has 0 radical (unpaired) electrons. The van der Waals surface area contributed by atoms with Crippen LogP contribution in [0.4, 0.5) is 0 Å². The van der Waals surface area contributed by atoms with E-state index in [1.165, 1.54) is 23.6 Å². The van der Waals surface area contributed by atoms with Crippen LogP contribution in [-0.2, 0) is 16.0 Å². The van der Waals surface area contributed by atoms with Crippen molar-refractivity contribution in [1.82, 2.24) is 4.90 Å². The summed E-state index contributed by atoms with van der Waals surface area (Å²) in [5.74, 6) is -0.0561. The van der Waals surface area contributed by atoms with Gasteiger partial charge in [0.05, 0.1) is 6.61 Å². The molecule has 1 aromatic rings. The van der Waals surface area contributed by atoms with Crippen molar-refractivity contribution < 1.29 is 9.53 Å². The van der Waals surface area contributed by atoms with Gasteiger partial charge in [0.2, 0.25) is 0 Å². The number of ether oxygens (including phenoxy) is 1. The maximum absolute atomic E-state index is 12.1. The van der Waals surface area contributed by atoms with Gasteiger partial charge >= 0.3 is 0 Å². The first-order valence-electron chi connectivity index (χ1n) is 6.11.